The van der Waals surface area contributed by atoms with Gasteiger partial charge in [-0.15, -0.1) is 0 Å². The molecule has 4 heteroatoms. The van der Waals surface area contributed by atoms with E-state index in [1.807, 2.05) is 32.0 Å². The third-order valence-corrected chi connectivity index (χ3v) is 3.31. The van der Waals surface area contributed by atoms with Crippen LogP contribution in [-0.4, -0.2) is 18.2 Å². The van der Waals surface area contributed by atoms with E-state index in [2.05, 4.69) is 22.4 Å². The lowest BCUT2D eigenvalue weighted by Crippen LogP contribution is -2.15. The quantitative estimate of drug-likeness (QED) is 0.930. The summed E-state index contributed by atoms with van der Waals surface area (Å²) in [6.07, 6.45) is 0. The van der Waals surface area contributed by atoms with Gasteiger partial charge in [-0.2, -0.15) is 0 Å². The molecule has 0 fully saturated rings. The summed E-state index contributed by atoms with van der Waals surface area (Å²) in [5.74, 6) is 1.66. The fourth-order valence-electron chi connectivity index (χ4n) is 2.27. The first-order valence-electron chi connectivity index (χ1n) is 6.79. The number of hydrogen-bond donors (Lipinski definition) is 1. The maximum Gasteiger partial charge on any atom is 0.161 e. The van der Waals surface area contributed by atoms with Crippen LogP contribution in [0.2, 0.25) is 0 Å². The molecule has 0 atom stereocenters. The fraction of sp³-hybridized carbons (Fsp3) is 0.312. The maximum atomic E-state index is 5.59. The van der Waals surface area contributed by atoms with Crippen LogP contribution in [0.25, 0.3) is 0 Å². The van der Waals surface area contributed by atoms with E-state index < -0.39 is 0 Å². The van der Waals surface area contributed by atoms with Gasteiger partial charge in [0.05, 0.1) is 11.4 Å². The molecule has 0 radical (unpaired) electrons. The Labute approximate surface area is 118 Å². The molecular weight excluding hydrogens is 252 g/mol. The second-order valence-corrected chi connectivity index (χ2v) is 4.92. The standard InChI is InChI=1S/C16H18N2O2/c1-11-3-5-14(12(2)18-11)17-10-13-4-6-15-16(9-13)20-8-7-19-15/h3-6,9,17H,7-8,10H2,1-2H3. The van der Waals surface area contributed by atoms with Crippen LogP contribution in [0.4, 0.5) is 5.69 Å². The average Bonchev–Trinajstić information content (AvgIpc) is 2.46. The van der Waals surface area contributed by atoms with Gasteiger partial charge in [-0.25, -0.2) is 0 Å². The monoisotopic (exact) mass is 270 g/mol. The van der Waals surface area contributed by atoms with Crippen molar-refractivity contribution in [1.29, 1.82) is 0 Å². The molecule has 0 saturated heterocycles. The van der Waals surface area contributed by atoms with E-state index >= 15 is 0 Å². The molecule has 104 valence electrons. The zero-order chi connectivity index (χ0) is 13.9. The van der Waals surface area contributed by atoms with E-state index in [1.165, 1.54) is 0 Å². The minimum Gasteiger partial charge on any atom is -0.486 e. The number of rotatable bonds is 3. The molecule has 0 unspecified atom stereocenters. The van der Waals surface area contributed by atoms with Crippen molar-refractivity contribution in [2.24, 2.45) is 0 Å². The van der Waals surface area contributed by atoms with Crippen molar-refractivity contribution in [3.05, 3.63) is 47.3 Å². The lowest BCUT2D eigenvalue weighted by Gasteiger charge is -2.19. The number of nitrogens with one attached hydrogen (secondary N) is 1. The van der Waals surface area contributed by atoms with Crippen molar-refractivity contribution >= 4 is 5.69 Å². The number of hydrogen-bond acceptors (Lipinski definition) is 4. The van der Waals surface area contributed by atoms with Gasteiger partial charge in [-0.05, 0) is 43.7 Å². The smallest absolute Gasteiger partial charge is 0.161 e. The van der Waals surface area contributed by atoms with Gasteiger partial charge in [-0.3, -0.25) is 4.98 Å². The van der Waals surface area contributed by atoms with Crippen LogP contribution in [0.1, 0.15) is 17.0 Å². The van der Waals surface area contributed by atoms with Gasteiger partial charge >= 0.3 is 0 Å². The zero-order valence-corrected chi connectivity index (χ0v) is 11.8. The van der Waals surface area contributed by atoms with Crippen LogP contribution in [-0.2, 0) is 6.54 Å². The number of ether oxygens (including phenoxy) is 2. The van der Waals surface area contributed by atoms with E-state index in [0.717, 1.165) is 40.7 Å². The molecule has 20 heavy (non-hydrogen) atoms. The summed E-state index contributed by atoms with van der Waals surface area (Å²) in [5, 5.41) is 3.40. The van der Waals surface area contributed by atoms with Crippen LogP contribution in [0, 0.1) is 13.8 Å². The second kappa shape index (κ2) is 5.41. The van der Waals surface area contributed by atoms with E-state index in [-0.39, 0.29) is 0 Å². The summed E-state index contributed by atoms with van der Waals surface area (Å²) >= 11 is 0. The van der Waals surface area contributed by atoms with Crippen LogP contribution in [0.5, 0.6) is 11.5 Å². The Morgan fingerprint density at radius 1 is 1.05 bits per heavy atom. The van der Waals surface area contributed by atoms with Gasteiger partial charge in [0.25, 0.3) is 0 Å². The highest BCUT2D eigenvalue weighted by Crippen LogP contribution is 2.31. The molecule has 1 N–H and O–H groups in total. The average molecular weight is 270 g/mol. The highest BCUT2D eigenvalue weighted by Gasteiger charge is 2.11. The Hall–Kier alpha value is -2.23. The third kappa shape index (κ3) is 2.69. The summed E-state index contributed by atoms with van der Waals surface area (Å²) < 4.78 is 11.1. The van der Waals surface area contributed by atoms with Crippen molar-refractivity contribution < 1.29 is 9.47 Å². The maximum absolute atomic E-state index is 5.59. The highest BCUT2D eigenvalue weighted by atomic mass is 16.6. The second-order valence-electron chi connectivity index (χ2n) is 4.92. The summed E-state index contributed by atoms with van der Waals surface area (Å²) in [7, 11) is 0. The lowest BCUT2D eigenvalue weighted by atomic mass is 10.2. The van der Waals surface area contributed by atoms with Gasteiger partial charge in [0.1, 0.15) is 13.2 Å². The zero-order valence-electron chi connectivity index (χ0n) is 11.8. The van der Waals surface area contributed by atoms with E-state index in [4.69, 9.17) is 9.47 Å². The SMILES string of the molecule is Cc1ccc(NCc2ccc3c(c2)OCCO3)c(C)n1. The number of nitrogens with zero attached hydrogens (tertiary/aromatic N) is 1. The van der Waals surface area contributed by atoms with E-state index in [0.29, 0.717) is 13.2 Å². The van der Waals surface area contributed by atoms with Gasteiger partial charge < -0.3 is 14.8 Å². The van der Waals surface area contributed by atoms with Crippen molar-refractivity contribution in [2.75, 3.05) is 18.5 Å². The predicted octanol–water partition coefficient (Wildman–Crippen LogP) is 3.08. The van der Waals surface area contributed by atoms with E-state index in [9.17, 15) is 0 Å². The highest BCUT2D eigenvalue weighted by molar-refractivity contribution is 5.49. The third-order valence-electron chi connectivity index (χ3n) is 3.31. The molecule has 2 aromatic rings. The Morgan fingerprint density at radius 2 is 1.85 bits per heavy atom. The number of aryl methyl sites for hydroxylation is 2. The summed E-state index contributed by atoms with van der Waals surface area (Å²) in [5.41, 5.74) is 4.27. The normalized spacial score (nSPS) is 13.1. The summed E-state index contributed by atoms with van der Waals surface area (Å²) in [6.45, 7) is 5.99. The minimum absolute atomic E-state index is 0.616. The first-order chi connectivity index (χ1) is 9.72. The molecule has 3 rings (SSSR count). The van der Waals surface area contributed by atoms with Crippen LogP contribution >= 0.6 is 0 Å². The Kier molecular flexibility index (Phi) is 3.46. The largest absolute Gasteiger partial charge is 0.486 e. The molecule has 0 amide bonds. The summed E-state index contributed by atoms with van der Waals surface area (Å²) in [6, 6.07) is 10.1. The molecular formula is C16H18N2O2. The molecule has 0 aliphatic carbocycles. The van der Waals surface area contributed by atoms with Crippen molar-refractivity contribution in [1.82, 2.24) is 4.98 Å². The predicted molar refractivity (Wildman–Crippen MR) is 78.5 cm³/mol. The van der Waals surface area contributed by atoms with Crippen LogP contribution in [0.3, 0.4) is 0 Å². The fourth-order valence-corrected chi connectivity index (χ4v) is 2.27. The first-order valence-corrected chi connectivity index (χ1v) is 6.79. The van der Waals surface area contributed by atoms with Gasteiger partial charge in [0.15, 0.2) is 11.5 Å². The van der Waals surface area contributed by atoms with Crippen LogP contribution in [0.15, 0.2) is 30.3 Å². The minimum atomic E-state index is 0.616. The van der Waals surface area contributed by atoms with Crippen molar-refractivity contribution in [3.63, 3.8) is 0 Å². The Morgan fingerprint density at radius 3 is 2.65 bits per heavy atom. The molecule has 1 aliphatic heterocycles. The molecule has 1 aromatic heterocycles. The molecule has 0 spiro atoms. The number of fused-ring (bicyclic) bond motifs is 1. The van der Waals surface area contributed by atoms with Gasteiger partial charge in [0, 0.05) is 12.2 Å². The van der Waals surface area contributed by atoms with E-state index in [1.54, 1.807) is 0 Å². The molecule has 0 bridgehead atoms. The van der Waals surface area contributed by atoms with Gasteiger partial charge in [-0.1, -0.05) is 6.07 Å². The van der Waals surface area contributed by atoms with Crippen molar-refractivity contribution in [3.8, 4) is 11.5 Å². The topological polar surface area (TPSA) is 43.4 Å². The molecule has 1 aromatic carbocycles. The molecule has 1 aliphatic rings. The molecule has 4 nitrogen and oxygen atoms in total. The molecule has 2 heterocycles. The number of anilines is 1. The number of benzene rings is 1. The Bertz CT molecular complexity index is 626. The number of pyridine rings is 1. The number of aromatic nitrogens is 1. The summed E-state index contributed by atoms with van der Waals surface area (Å²) in [4.78, 5) is 4.45. The van der Waals surface area contributed by atoms with Crippen LogP contribution < -0.4 is 14.8 Å². The first kappa shape index (κ1) is 12.8. The molecule has 0 saturated carbocycles. The van der Waals surface area contributed by atoms with Gasteiger partial charge in [0.2, 0.25) is 0 Å². The van der Waals surface area contributed by atoms with Crippen molar-refractivity contribution in [2.45, 2.75) is 20.4 Å². The Balaban J connectivity index is 1.72. The lowest BCUT2D eigenvalue weighted by molar-refractivity contribution is 0.171.